The zero-order valence-electron chi connectivity index (χ0n) is 11.1. The first-order chi connectivity index (χ1) is 9.61. The van der Waals surface area contributed by atoms with E-state index in [-0.39, 0.29) is 11.8 Å². The minimum Gasteiger partial charge on any atom is -0.324 e. The fourth-order valence-corrected chi connectivity index (χ4v) is 4.81. The molecule has 0 saturated carbocycles. The number of benzene rings is 1. The van der Waals surface area contributed by atoms with Gasteiger partial charge in [0.15, 0.2) is 9.84 Å². The molecule has 2 heterocycles. The summed E-state index contributed by atoms with van der Waals surface area (Å²) in [6.07, 6.45) is 2.27. The highest BCUT2D eigenvalue weighted by molar-refractivity contribution is 7.91. The Labute approximate surface area is 123 Å². The number of rotatable bonds is 3. The van der Waals surface area contributed by atoms with Crippen LogP contribution in [-0.2, 0) is 16.3 Å². The molecule has 0 amide bonds. The molecule has 0 aliphatic carbocycles. The van der Waals surface area contributed by atoms with Gasteiger partial charge in [-0.3, -0.25) is 0 Å². The Balaban J connectivity index is 2.10. The predicted octanol–water partition coefficient (Wildman–Crippen LogP) is 2.57. The van der Waals surface area contributed by atoms with Crippen LogP contribution in [0.1, 0.15) is 24.7 Å². The first-order valence-electron chi connectivity index (χ1n) is 6.83. The Hall–Kier alpha value is -1.07. The van der Waals surface area contributed by atoms with Gasteiger partial charge in [-0.05, 0) is 25.0 Å². The van der Waals surface area contributed by atoms with Gasteiger partial charge in [0.1, 0.15) is 5.82 Å². The van der Waals surface area contributed by atoms with E-state index < -0.39 is 9.84 Å². The number of aromatic nitrogens is 2. The van der Waals surface area contributed by atoms with Gasteiger partial charge in [-0.2, -0.15) is 0 Å². The number of hydrogen-bond donors (Lipinski definition) is 0. The van der Waals surface area contributed by atoms with Gasteiger partial charge < -0.3 is 4.57 Å². The second-order valence-corrected chi connectivity index (χ2v) is 7.84. The highest BCUT2D eigenvalue weighted by atomic mass is 35.5. The number of sulfone groups is 1. The highest BCUT2D eigenvalue weighted by Crippen LogP contribution is 2.29. The average molecular weight is 313 g/mol. The summed E-state index contributed by atoms with van der Waals surface area (Å²) < 4.78 is 25.9. The van der Waals surface area contributed by atoms with E-state index in [0.717, 1.165) is 29.7 Å². The lowest BCUT2D eigenvalue weighted by molar-refractivity contribution is 0.468. The number of hydrogen-bond acceptors (Lipinski definition) is 3. The van der Waals surface area contributed by atoms with E-state index in [0.29, 0.717) is 18.1 Å². The lowest BCUT2D eigenvalue weighted by Gasteiger charge is -2.25. The van der Waals surface area contributed by atoms with Gasteiger partial charge >= 0.3 is 0 Å². The number of halogens is 1. The SMILES string of the molecule is O=S1(=O)CCCC(n2c(CCCl)nc3ccccc32)C1. The lowest BCUT2D eigenvalue weighted by atomic mass is 10.1. The van der Waals surface area contributed by atoms with Crippen LogP contribution in [0.4, 0.5) is 0 Å². The molecule has 0 spiro atoms. The zero-order chi connectivity index (χ0) is 14.2. The Morgan fingerprint density at radius 2 is 2.15 bits per heavy atom. The standard InChI is InChI=1S/C14H17ClN2O2S/c15-8-7-14-16-12-5-1-2-6-13(12)17(14)11-4-3-9-20(18,19)10-11/h1-2,5-6,11H,3-4,7-10H2. The number of aryl methyl sites for hydroxylation is 1. The average Bonchev–Trinajstić information content (AvgIpc) is 2.76. The van der Waals surface area contributed by atoms with Gasteiger partial charge in [-0.1, -0.05) is 12.1 Å². The zero-order valence-corrected chi connectivity index (χ0v) is 12.7. The summed E-state index contributed by atoms with van der Waals surface area (Å²) in [6.45, 7) is 0. The Bertz CT molecular complexity index is 724. The summed E-state index contributed by atoms with van der Waals surface area (Å²) in [6, 6.07) is 7.85. The van der Waals surface area contributed by atoms with Crippen molar-refractivity contribution in [2.75, 3.05) is 17.4 Å². The smallest absolute Gasteiger partial charge is 0.152 e. The van der Waals surface area contributed by atoms with Crippen LogP contribution in [0, 0.1) is 0 Å². The highest BCUT2D eigenvalue weighted by Gasteiger charge is 2.28. The Morgan fingerprint density at radius 3 is 2.90 bits per heavy atom. The molecule has 4 nitrogen and oxygen atoms in total. The van der Waals surface area contributed by atoms with Crippen molar-refractivity contribution in [2.45, 2.75) is 25.3 Å². The Morgan fingerprint density at radius 1 is 1.35 bits per heavy atom. The topological polar surface area (TPSA) is 52.0 Å². The molecular weight excluding hydrogens is 296 g/mol. The fourth-order valence-electron chi connectivity index (χ4n) is 2.96. The van der Waals surface area contributed by atoms with Crippen molar-refractivity contribution in [3.63, 3.8) is 0 Å². The largest absolute Gasteiger partial charge is 0.324 e. The molecule has 0 N–H and O–H groups in total. The number of imidazole rings is 1. The molecule has 2 aromatic rings. The van der Waals surface area contributed by atoms with E-state index in [4.69, 9.17) is 11.6 Å². The van der Waals surface area contributed by atoms with Crippen molar-refractivity contribution >= 4 is 32.5 Å². The minimum atomic E-state index is -2.94. The molecule has 1 atom stereocenters. The van der Waals surface area contributed by atoms with Crippen LogP contribution in [-0.4, -0.2) is 35.4 Å². The second-order valence-electron chi connectivity index (χ2n) is 5.24. The van der Waals surface area contributed by atoms with Crippen molar-refractivity contribution in [2.24, 2.45) is 0 Å². The van der Waals surface area contributed by atoms with E-state index in [2.05, 4.69) is 9.55 Å². The minimum absolute atomic E-state index is 0.0145. The van der Waals surface area contributed by atoms with Crippen molar-refractivity contribution in [3.05, 3.63) is 30.1 Å². The van der Waals surface area contributed by atoms with Gasteiger partial charge in [0.2, 0.25) is 0 Å². The Kier molecular flexibility index (Phi) is 3.73. The molecular formula is C14H17ClN2O2S. The molecule has 1 saturated heterocycles. The third kappa shape index (κ3) is 2.56. The molecule has 1 aliphatic heterocycles. The number of fused-ring (bicyclic) bond motifs is 1. The number of nitrogens with zero attached hydrogens (tertiary/aromatic N) is 2. The molecule has 20 heavy (non-hydrogen) atoms. The van der Waals surface area contributed by atoms with Crippen LogP contribution >= 0.6 is 11.6 Å². The maximum atomic E-state index is 11.9. The van der Waals surface area contributed by atoms with Crippen molar-refractivity contribution in [3.8, 4) is 0 Å². The summed E-state index contributed by atoms with van der Waals surface area (Å²) in [5.41, 5.74) is 1.92. The summed E-state index contributed by atoms with van der Waals surface area (Å²) in [5.74, 6) is 1.90. The summed E-state index contributed by atoms with van der Waals surface area (Å²) in [7, 11) is -2.94. The first kappa shape index (κ1) is 13.9. The third-order valence-electron chi connectivity index (χ3n) is 3.79. The van der Waals surface area contributed by atoms with E-state index in [1.807, 2.05) is 24.3 Å². The molecule has 1 aromatic carbocycles. The van der Waals surface area contributed by atoms with Crippen molar-refractivity contribution < 1.29 is 8.42 Å². The van der Waals surface area contributed by atoms with E-state index in [1.165, 1.54) is 0 Å². The molecule has 1 unspecified atom stereocenters. The van der Waals surface area contributed by atoms with E-state index in [1.54, 1.807) is 0 Å². The monoisotopic (exact) mass is 312 g/mol. The van der Waals surface area contributed by atoms with Crippen LogP contribution in [0.3, 0.4) is 0 Å². The quantitative estimate of drug-likeness (QED) is 0.819. The molecule has 1 aliphatic rings. The number of para-hydroxylation sites is 2. The summed E-state index contributed by atoms with van der Waals surface area (Å²) >= 11 is 5.86. The van der Waals surface area contributed by atoms with Gasteiger partial charge in [0.25, 0.3) is 0 Å². The lowest BCUT2D eigenvalue weighted by Crippen LogP contribution is -2.28. The van der Waals surface area contributed by atoms with Crippen LogP contribution in [0.25, 0.3) is 11.0 Å². The van der Waals surface area contributed by atoms with Crippen LogP contribution in [0.2, 0.25) is 0 Å². The third-order valence-corrected chi connectivity index (χ3v) is 5.78. The van der Waals surface area contributed by atoms with Gasteiger partial charge in [-0.25, -0.2) is 13.4 Å². The molecule has 0 radical (unpaired) electrons. The van der Waals surface area contributed by atoms with Crippen LogP contribution < -0.4 is 0 Å². The van der Waals surface area contributed by atoms with Gasteiger partial charge in [0, 0.05) is 18.3 Å². The fraction of sp³-hybridized carbons (Fsp3) is 0.500. The predicted molar refractivity (Wildman–Crippen MR) is 81.1 cm³/mol. The normalized spacial score (nSPS) is 22.1. The molecule has 3 rings (SSSR count). The molecule has 0 bridgehead atoms. The molecule has 6 heteroatoms. The molecule has 1 aromatic heterocycles. The van der Waals surface area contributed by atoms with Crippen molar-refractivity contribution in [1.29, 1.82) is 0 Å². The maximum absolute atomic E-state index is 11.9. The van der Waals surface area contributed by atoms with Gasteiger partial charge in [0.05, 0.1) is 22.5 Å². The van der Waals surface area contributed by atoms with Crippen molar-refractivity contribution in [1.82, 2.24) is 9.55 Å². The van der Waals surface area contributed by atoms with Crippen LogP contribution in [0.5, 0.6) is 0 Å². The molecule has 1 fully saturated rings. The maximum Gasteiger partial charge on any atom is 0.152 e. The van der Waals surface area contributed by atoms with E-state index in [9.17, 15) is 8.42 Å². The summed E-state index contributed by atoms with van der Waals surface area (Å²) in [5, 5.41) is 0. The van der Waals surface area contributed by atoms with Crippen LogP contribution in [0.15, 0.2) is 24.3 Å². The van der Waals surface area contributed by atoms with E-state index >= 15 is 0 Å². The van der Waals surface area contributed by atoms with Gasteiger partial charge in [-0.15, -0.1) is 11.6 Å². The first-order valence-corrected chi connectivity index (χ1v) is 9.18. The molecule has 108 valence electrons. The second kappa shape index (κ2) is 5.37. The number of alkyl halides is 1. The summed E-state index contributed by atoms with van der Waals surface area (Å²) in [4.78, 5) is 4.61.